The maximum absolute atomic E-state index is 13.2. The van der Waals surface area contributed by atoms with Gasteiger partial charge in [-0.05, 0) is 18.8 Å². The van der Waals surface area contributed by atoms with Gasteiger partial charge < -0.3 is 9.88 Å². The maximum Gasteiger partial charge on any atom is 0.409 e. The molecule has 1 aromatic rings. The molecule has 7 heteroatoms. The summed E-state index contributed by atoms with van der Waals surface area (Å²) in [6.45, 7) is 6.67. The average molecular weight is 317 g/mol. The third kappa shape index (κ3) is 3.62. The second-order valence-corrected chi connectivity index (χ2v) is 7.04. The molecule has 0 spiro atoms. The van der Waals surface area contributed by atoms with E-state index < -0.39 is 29.5 Å². The number of amides is 1. The summed E-state index contributed by atoms with van der Waals surface area (Å²) >= 11 is 0. The molecular weight excluding hydrogens is 295 g/mol. The first-order chi connectivity index (χ1) is 9.98. The quantitative estimate of drug-likeness (QED) is 0.912. The van der Waals surface area contributed by atoms with E-state index in [9.17, 15) is 18.0 Å². The van der Waals surface area contributed by atoms with Gasteiger partial charge in [-0.1, -0.05) is 20.8 Å². The molecule has 124 valence electrons. The highest BCUT2D eigenvalue weighted by atomic mass is 19.4. The molecule has 2 rings (SSSR count). The minimum absolute atomic E-state index is 0.386. The van der Waals surface area contributed by atoms with Gasteiger partial charge in [0.15, 0.2) is 0 Å². The second kappa shape index (κ2) is 5.59. The summed E-state index contributed by atoms with van der Waals surface area (Å²) in [7, 11) is 0. The molecule has 0 radical (unpaired) electrons. The number of alkyl halides is 3. The van der Waals surface area contributed by atoms with Crippen LogP contribution in [0, 0.1) is 18.3 Å². The Kier molecular flexibility index (Phi) is 4.28. The first-order valence-electron chi connectivity index (χ1n) is 7.38. The zero-order valence-corrected chi connectivity index (χ0v) is 13.3. The Morgan fingerprint density at radius 2 is 2.05 bits per heavy atom. The fourth-order valence-electron chi connectivity index (χ4n) is 2.85. The summed E-state index contributed by atoms with van der Waals surface area (Å²) in [5, 5.41) is 2.21. The monoisotopic (exact) mass is 317 g/mol. The van der Waals surface area contributed by atoms with E-state index in [1.54, 1.807) is 0 Å². The number of rotatable bonds is 2. The van der Waals surface area contributed by atoms with Crippen molar-refractivity contribution in [2.45, 2.75) is 59.3 Å². The number of carbonyl (C=O) groups excluding carboxylic acids is 1. The van der Waals surface area contributed by atoms with E-state index >= 15 is 0 Å². The third-order valence-corrected chi connectivity index (χ3v) is 3.96. The number of hydrogen-bond donors (Lipinski definition) is 1. The van der Waals surface area contributed by atoms with E-state index in [2.05, 4.69) is 10.3 Å². The first kappa shape index (κ1) is 16.8. The van der Waals surface area contributed by atoms with Crippen LogP contribution in [0.3, 0.4) is 0 Å². The van der Waals surface area contributed by atoms with E-state index in [0.717, 1.165) is 11.5 Å². The molecule has 1 amide bonds. The highest BCUT2D eigenvalue weighted by molar-refractivity contribution is 5.79. The third-order valence-electron chi connectivity index (χ3n) is 3.96. The molecule has 2 heterocycles. The van der Waals surface area contributed by atoms with Crippen LogP contribution in [0.25, 0.3) is 0 Å². The van der Waals surface area contributed by atoms with E-state index in [-0.39, 0.29) is 0 Å². The van der Waals surface area contributed by atoms with Crippen LogP contribution in [0.1, 0.15) is 38.7 Å². The zero-order valence-electron chi connectivity index (χ0n) is 13.3. The van der Waals surface area contributed by atoms with Gasteiger partial charge in [0.1, 0.15) is 11.9 Å². The number of aryl methyl sites for hydroxylation is 2. The molecule has 1 aliphatic heterocycles. The number of imidazole rings is 1. The van der Waals surface area contributed by atoms with Crippen LogP contribution in [0.4, 0.5) is 13.2 Å². The zero-order chi connectivity index (χ0) is 16.7. The van der Waals surface area contributed by atoms with Crippen molar-refractivity contribution >= 4 is 5.91 Å². The molecule has 0 saturated heterocycles. The molecule has 2 unspecified atom stereocenters. The predicted molar refractivity (Wildman–Crippen MR) is 76.2 cm³/mol. The number of nitrogens with zero attached hydrogens (tertiary/aromatic N) is 2. The largest absolute Gasteiger partial charge is 0.409 e. The predicted octanol–water partition coefficient (Wildman–Crippen LogP) is 2.85. The topological polar surface area (TPSA) is 46.9 Å². The Hall–Kier alpha value is -1.53. The molecule has 0 saturated carbocycles. The van der Waals surface area contributed by atoms with Crippen molar-refractivity contribution in [1.29, 1.82) is 0 Å². The standard InChI is InChI=1S/C15H22F3N3O/c1-9-7-21-8-10(5-6-11(21)19-9)12(22)20-13(14(2,3)4)15(16,17)18/h7,10,13H,5-6,8H2,1-4H3,(H,20,22). The van der Waals surface area contributed by atoms with E-state index in [1.807, 2.05) is 17.7 Å². The summed E-state index contributed by atoms with van der Waals surface area (Å²) in [6, 6.07) is -1.85. The van der Waals surface area contributed by atoms with Crippen LogP contribution >= 0.6 is 0 Å². The highest BCUT2D eigenvalue weighted by Crippen LogP contribution is 2.33. The van der Waals surface area contributed by atoms with Crippen molar-refractivity contribution in [2.75, 3.05) is 0 Å². The smallest absolute Gasteiger partial charge is 0.344 e. The van der Waals surface area contributed by atoms with Crippen LogP contribution < -0.4 is 5.32 Å². The van der Waals surface area contributed by atoms with Gasteiger partial charge in [-0.3, -0.25) is 4.79 Å². The Labute approximate surface area is 128 Å². The molecule has 1 N–H and O–H groups in total. The van der Waals surface area contributed by atoms with Gasteiger partial charge in [0, 0.05) is 19.2 Å². The maximum atomic E-state index is 13.2. The minimum atomic E-state index is -4.46. The molecular formula is C15H22F3N3O. The summed E-state index contributed by atoms with van der Waals surface area (Å²) in [6.07, 6.45) is -1.49. The lowest BCUT2D eigenvalue weighted by Gasteiger charge is -2.34. The Morgan fingerprint density at radius 3 is 2.59 bits per heavy atom. The van der Waals surface area contributed by atoms with Gasteiger partial charge >= 0.3 is 6.18 Å². The summed E-state index contributed by atoms with van der Waals surface area (Å²) in [5.74, 6) is -0.0905. The molecule has 1 aromatic heterocycles. The highest BCUT2D eigenvalue weighted by Gasteiger charge is 2.48. The summed E-state index contributed by atoms with van der Waals surface area (Å²) < 4.78 is 41.3. The fourth-order valence-corrected chi connectivity index (χ4v) is 2.85. The SMILES string of the molecule is Cc1cn2c(n1)CCC(C(=O)NC(C(C)(C)C)C(F)(F)F)C2. The van der Waals surface area contributed by atoms with Crippen LogP contribution in [0.2, 0.25) is 0 Å². The molecule has 0 aromatic carbocycles. The minimum Gasteiger partial charge on any atom is -0.344 e. The van der Waals surface area contributed by atoms with Gasteiger partial charge in [0.05, 0.1) is 11.6 Å². The van der Waals surface area contributed by atoms with Crippen molar-refractivity contribution in [3.05, 3.63) is 17.7 Å². The van der Waals surface area contributed by atoms with Crippen molar-refractivity contribution in [3.63, 3.8) is 0 Å². The molecule has 0 bridgehead atoms. The lowest BCUT2D eigenvalue weighted by Crippen LogP contribution is -2.55. The molecule has 2 atom stereocenters. The van der Waals surface area contributed by atoms with E-state index in [0.29, 0.717) is 19.4 Å². The van der Waals surface area contributed by atoms with Crippen molar-refractivity contribution in [2.24, 2.45) is 11.3 Å². The van der Waals surface area contributed by atoms with Crippen molar-refractivity contribution in [3.8, 4) is 0 Å². The average Bonchev–Trinajstić information content (AvgIpc) is 2.71. The number of hydrogen-bond acceptors (Lipinski definition) is 2. The van der Waals surface area contributed by atoms with Gasteiger partial charge in [-0.25, -0.2) is 4.98 Å². The first-order valence-corrected chi connectivity index (χ1v) is 7.38. The molecule has 4 nitrogen and oxygen atoms in total. The number of carbonyl (C=O) groups is 1. The Bertz CT molecular complexity index is 543. The number of aromatic nitrogens is 2. The van der Waals surface area contributed by atoms with Crippen LogP contribution in [-0.4, -0.2) is 27.7 Å². The van der Waals surface area contributed by atoms with Gasteiger partial charge in [0.25, 0.3) is 0 Å². The van der Waals surface area contributed by atoms with E-state index in [4.69, 9.17) is 0 Å². The molecule has 0 fully saturated rings. The van der Waals surface area contributed by atoms with Gasteiger partial charge in [-0.15, -0.1) is 0 Å². The lowest BCUT2D eigenvalue weighted by atomic mass is 9.85. The number of fused-ring (bicyclic) bond motifs is 1. The number of halogens is 3. The van der Waals surface area contributed by atoms with Crippen LogP contribution in [0.15, 0.2) is 6.20 Å². The summed E-state index contributed by atoms with van der Waals surface area (Å²) in [5.41, 5.74) is -0.224. The molecule has 1 aliphatic rings. The van der Waals surface area contributed by atoms with E-state index in [1.165, 1.54) is 20.8 Å². The molecule has 22 heavy (non-hydrogen) atoms. The summed E-state index contributed by atoms with van der Waals surface area (Å²) in [4.78, 5) is 16.6. The van der Waals surface area contributed by atoms with Crippen molar-refractivity contribution < 1.29 is 18.0 Å². The van der Waals surface area contributed by atoms with Gasteiger partial charge in [0.2, 0.25) is 5.91 Å². The lowest BCUT2D eigenvalue weighted by molar-refractivity contribution is -0.182. The Morgan fingerprint density at radius 1 is 1.41 bits per heavy atom. The van der Waals surface area contributed by atoms with Gasteiger partial charge in [-0.2, -0.15) is 13.2 Å². The van der Waals surface area contributed by atoms with Crippen molar-refractivity contribution in [1.82, 2.24) is 14.9 Å². The fraction of sp³-hybridized carbons (Fsp3) is 0.733. The normalized spacial score (nSPS) is 20.4. The van der Waals surface area contributed by atoms with Crippen LogP contribution in [0.5, 0.6) is 0 Å². The second-order valence-electron chi connectivity index (χ2n) is 7.04. The molecule has 0 aliphatic carbocycles. The number of nitrogens with one attached hydrogen (secondary N) is 1. The Balaban J connectivity index is 2.09. The van der Waals surface area contributed by atoms with Crippen LogP contribution in [-0.2, 0) is 17.8 Å².